The second-order valence-electron chi connectivity index (χ2n) is 3.94. The van der Waals surface area contributed by atoms with Crippen LogP contribution in [0.2, 0.25) is 19.6 Å². The summed E-state index contributed by atoms with van der Waals surface area (Å²) in [6.07, 6.45) is 0. The molecule has 0 saturated carbocycles. The number of para-hydroxylation sites is 1. The number of hydrogen-bond acceptors (Lipinski definition) is 2. The highest BCUT2D eigenvalue weighted by molar-refractivity contribution is 9.10. The fourth-order valence-electron chi connectivity index (χ4n) is 1.01. The zero-order chi connectivity index (χ0) is 10.8. The van der Waals surface area contributed by atoms with Crippen molar-refractivity contribution in [2.75, 3.05) is 0 Å². The molecule has 0 saturated heterocycles. The van der Waals surface area contributed by atoms with Gasteiger partial charge in [-0.15, -0.1) is 0 Å². The van der Waals surface area contributed by atoms with Gasteiger partial charge in [0.05, 0.1) is 10.0 Å². The summed E-state index contributed by atoms with van der Waals surface area (Å²) in [5, 5.41) is 8.90. The van der Waals surface area contributed by atoms with Crippen molar-refractivity contribution in [1.82, 2.24) is 0 Å². The predicted octanol–water partition coefficient (Wildman–Crippen LogP) is 3.53. The maximum Gasteiger partial charge on any atom is 0.242 e. The third kappa shape index (κ3) is 2.86. The lowest BCUT2D eigenvalue weighted by atomic mass is 10.2. The molecule has 0 spiro atoms. The number of hydrogen-bond donors (Lipinski definition) is 0. The lowest BCUT2D eigenvalue weighted by molar-refractivity contribution is 0.552. The average Bonchev–Trinajstić information content (AvgIpc) is 2.06. The monoisotopic (exact) mass is 269 g/mol. The predicted molar refractivity (Wildman–Crippen MR) is 62.8 cm³/mol. The smallest absolute Gasteiger partial charge is 0.242 e. The van der Waals surface area contributed by atoms with E-state index in [9.17, 15) is 0 Å². The largest absolute Gasteiger partial charge is 0.543 e. The van der Waals surface area contributed by atoms with Gasteiger partial charge in [0, 0.05) is 0 Å². The standard InChI is InChI=1S/C10H12BrNOSi/c1-14(2,3)13-10-8(7-12)5-4-6-9(10)11/h4-6H,1-3H3. The van der Waals surface area contributed by atoms with E-state index in [2.05, 4.69) is 41.6 Å². The number of rotatable bonds is 2. The first kappa shape index (κ1) is 11.3. The third-order valence-electron chi connectivity index (χ3n) is 1.50. The van der Waals surface area contributed by atoms with Gasteiger partial charge in [0.1, 0.15) is 11.8 Å². The molecule has 4 heteroatoms. The Morgan fingerprint density at radius 2 is 2.00 bits per heavy atom. The van der Waals surface area contributed by atoms with E-state index in [0.717, 1.165) is 4.47 Å². The molecule has 0 atom stereocenters. The molecule has 0 N–H and O–H groups in total. The lowest BCUT2D eigenvalue weighted by Gasteiger charge is -2.20. The maximum absolute atomic E-state index is 8.90. The zero-order valence-corrected chi connectivity index (χ0v) is 11.1. The van der Waals surface area contributed by atoms with E-state index >= 15 is 0 Å². The topological polar surface area (TPSA) is 33.0 Å². The molecule has 0 unspecified atom stereocenters. The maximum atomic E-state index is 8.90. The van der Waals surface area contributed by atoms with Crippen molar-refractivity contribution in [1.29, 1.82) is 5.26 Å². The van der Waals surface area contributed by atoms with Crippen LogP contribution in [0, 0.1) is 11.3 Å². The van der Waals surface area contributed by atoms with Crippen LogP contribution in [0.3, 0.4) is 0 Å². The first-order chi connectivity index (χ1) is 6.44. The van der Waals surface area contributed by atoms with E-state index in [1.165, 1.54) is 0 Å². The summed E-state index contributed by atoms with van der Waals surface area (Å²) >= 11 is 3.39. The second kappa shape index (κ2) is 4.16. The molecule has 0 aromatic heterocycles. The highest BCUT2D eigenvalue weighted by Gasteiger charge is 2.19. The molecule has 0 bridgehead atoms. The van der Waals surface area contributed by atoms with Gasteiger partial charge in [0.15, 0.2) is 0 Å². The molecule has 0 aliphatic heterocycles. The summed E-state index contributed by atoms with van der Waals surface area (Å²) in [6.45, 7) is 6.27. The summed E-state index contributed by atoms with van der Waals surface area (Å²) in [5.41, 5.74) is 0.585. The summed E-state index contributed by atoms with van der Waals surface area (Å²) in [5.74, 6) is 0.675. The molecular formula is C10H12BrNOSi. The fraction of sp³-hybridized carbons (Fsp3) is 0.300. The van der Waals surface area contributed by atoms with Gasteiger partial charge in [-0.2, -0.15) is 5.26 Å². The normalized spacial score (nSPS) is 10.8. The molecule has 0 aliphatic carbocycles. The van der Waals surface area contributed by atoms with Gasteiger partial charge in [-0.3, -0.25) is 0 Å². The molecular weight excluding hydrogens is 258 g/mol. The fourth-order valence-corrected chi connectivity index (χ4v) is 2.44. The van der Waals surface area contributed by atoms with Crippen LogP contribution in [-0.4, -0.2) is 8.32 Å². The van der Waals surface area contributed by atoms with Crippen molar-refractivity contribution >= 4 is 24.2 Å². The van der Waals surface area contributed by atoms with Gasteiger partial charge in [-0.25, -0.2) is 0 Å². The molecule has 1 aromatic rings. The summed E-state index contributed by atoms with van der Waals surface area (Å²) < 4.78 is 6.67. The number of nitrogens with zero attached hydrogens (tertiary/aromatic N) is 1. The van der Waals surface area contributed by atoms with Gasteiger partial charge in [0.25, 0.3) is 0 Å². The Morgan fingerprint density at radius 1 is 1.36 bits per heavy atom. The lowest BCUT2D eigenvalue weighted by Crippen LogP contribution is -2.29. The number of benzene rings is 1. The number of halogens is 1. The Balaban J connectivity index is 3.13. The molecule has 1 aromatic carbocycles. The van der Waals surface area contributed by atoms with Gasteiger partial charge < -0.3 is 4.43 Å². The zero-order valence-electron chi connectivity index (χ0n) is 8.47. The van der Waals surface area contributed by atoms with Crippen LogP contribution >= 0.6 is 15.9 Å². The van der Waals surface area contributed by atoms with Gasteiger partial charge in [0.2, 0.25) is 8.32 Å². The first-order valence-electron chi connectivity index (χ1n) is 4.31. The van der Waals surface area contributed by atoms with E-state index < -0.39 is 8.32 Å². The molecule has 0 aliphatic rings. The summed E-state index contributed by atoms with van der Waals surface area (Å²) in [6, 6.07) is 7.61. The Hall–Kier alpha value is -0.793. The van der Waals surface area contributed by atoms with E-state index in [4.69, 9.17) is 9.69 Å². The van der Waals surface area contributed by atoms with Crippen LogP contribution in [0.4, 0.5) is 0 Å². The van der Waals surface area contributed by atoms with E-state index in [0.29, 0.717) is 11.3 Å². The molecule has 0 fully saturated rings. The van der Waals surface area contributed by atoms with E-state index in [1.807, 2.05) is 12.1 Å². The SMILES string of the molecule is C[Si](C)(C)Oc1c(Br)cccc1C#N. The van der Waals surface area contributed by atoms with Crippen LogP contribution < -0.4 is 4.43 Å². The molecule has 74 valence electrons. The van der Waals surface area contributed by atoms with E-state index in [1.54, 1.807) is 6.07 Å². The minimum Gasteiger partial charge on any atom is -0.543 e. The molecule has 1 rings (SSSR count). The molecule has 14 heavy (non-hydrogen) atoms. The van der Waals surface area contributed by atoms with Crippen molar-refractivity contribution in [3.8, 4) is 11.8 Å². The average molecular weight is 270 g/mol. The Bertz CT molecular complexity index is 379. The van der Waals surface area contributed by atoms with E-state index in [-0.39, 0.29) is 0 Å². The van der Waals surface area contributed by atoms with Crippen LogP contribution in [0.15, 0.2) is 22.7 Å². The van der Waals surface area contributed by atoms with Crippen molar-refractivity contribution in [2.45, 2.75) is 19.6 Å². The molecule has 0 radical (unpaired) electrons. The quantitative estimate of drug-likeness (QED) is 0.770. The highest BCUT2D eigenvalue weighted by Crippen LogP contribution is 2.30. The number of nitriles is 1. The van der Waals surface area contributed by atoms with Gasteiger partial charge >= 0.3 is 0 Å². The van der Waals surface area contributed by atoms with Crippen molar-refractivity contribution < 1.29 is 4.43 Å². The Kier molecular flexibility index (Phi) is 3.35. The molecule has 0 heterocycles. The molecule has 0 amide bonds. The summed E-state index contributed by atoms with van der Waals surface area (Å²) in [4.78, 5) is 0. The van der Waals surface area contributed by atoms with Gasteiger partial charge in [-0.05, 0) is 47.7 Å². The Labute approximate surface area is 93.8 Å². The highest BCUT2D eigenvalue weighted by atomic mass is 79.9. The third-order valence-corrected chi connectivity index (χ3v) is 2.94. The Morgan fingerprint density at radius 3 is 2.50 bits per heavy atom. The molecule has 2 nitrogen and oxygen atoms in total. The van der Waals surface area contributed by atoms with Crippen LogP contribution in [0.25, 0.3) is 0 Å². The van der Waals surface area contributed by atoms with Crippen molar-refractivity contribution in [2.24, 2.45) is 0 Å². The first-order valence-corrected chi connectivity index (χ1v) is 8.52. The van der Waals surface area contributed by atoms with Gasteiger partial charge in [-0.1, -0.05) is 6.07 Å². The summed E-state index contributed by atoms with van der Waals surface area (Å²) in [7, 11) is -1.66. The van der Waals surface area contributed by atoms with Crippen molar-refractivity contribution in [3.63, 3.8) is 0 Å². The second-order valence-corrected chi connectivity index (χ2v) is 9.23. The minimum atomic E-state index is -1.66. The van der Waals surface area contributed by atoms with Crippen LogP contribution in [0.5, 0.6) is 5.75 Å². The minimum absolute atomic E-state index is 0.585. The van der Waals surface area contributed by atoms with Crippen LogP contribution in [0.1, 0.15) is 5.56 Å². The van der Waals surface area contributed by atoms with Crippen LogP contribution in [-0.2, 0) is 0 Å². The van der Waals surface area contributed by atoms with Crippen molar-refractivity contribution in [3.05, 3.63) is 28.2 Å².